The maximum absolute atomic E-state index is 13.5. The molecule has 0 spiro atoms. The van der Waals surface area contributed by atoms with Gasteiger partial charge in [0, 0.05) is 10.4 Å². The molecule has 1 amide bonds. The predicted molar refractivity (Wildman–Crippen MR) is 114 cm³/mol. The van der Waals surface area contributed by atoms with E-state index in [1.165, 1.54) is 0 Å². The third kappa shape index (κ3) is 5.68. The smallest absolute Gasteiger partial charge is 0.350 e. The van der Waals surface area contributed by atoms with Gasteiger partial charge in [0.15, 0.2) is 0 Å². The summed E-state index contributed by atoms with van der Waals surface area (Å²) in [7, 11) is 0. The molecule has 0 aliphatic rings. The van der Waals surface area contributed by atoms with E-state index in [-0.39, 0.29) is 23.9 Å². The molecule has 0 aliphatic heterocycles. The SMILES string of the molecule is CC(C)(C)c1cc(CNC(=O)Cc2ccc(F)c(C(F)(F)F)c2)n(-c2cccc(Cl)c2)n1. The van der Waals surface area contributed by atoms with Crippen LogP contribution in [0.15, 0.2) is 48.5 Å². The lowest BCUT2D eigenvalue weighted by Gasteiger charge is -2.14. The van der Waals surface area contributed by atoms with E-state index >= 15 is 0 Å². The second-order valence-corrected chi connectivity index (χ2v) is 8.86. The normalized spacial score (nSPS) is 12.1. The molecule has 32 heavy (non-hydrogen) atoms. The lowest BCUT2D eigenvalue weighted by molar-refractivity contribution is -0.140. The molecule has 0 saturated heterocycles. The van der Waals surface area contributed by atoms with E-state index in [2.05, 4.69) is 10.4 Å². The molecular formula is C23H22ClF4N3O. The molecular weight excluding hydrogens is 446 g/mol. The Morgan fingerprint density at radius 1 is 1.09 bits per heavy atom. The van der Waals surface area contributed by atoms with Gasteiger partial charge in [-0.1, -0.05) is 44.5 Å². The number of nitrogens with zero attached hydrogens (tertiary/aromatic N) is 2. The first-order valence-corrected chi connectivity index (χ1v) is 10.2. The summed E-state index contributed by atoms with van der Waals surface area (Å²) in [5.74, 6) is -1.87. The molecule has 1 aromatic heterocycles. The van der Waals surface area contributed by atoms with E-state index in [1.54, 1.807) is 22.9 Å². The Kier molecular flexibility index (Phi) is 6.64. The third-order valence-corrected chi connectivity index (χ3v) is 5.01. The zero-order chi connectivity index (χ0) is 23.7. The summed E-state index contributed by atoms with van der Waals surface area (Å²) >= 11 is 6.10. The van der Waals surface area contributed by atoms with Crippen molar-refractivity contribution < 1.29 is 22.4 Å². The Balaban J connectivity index is 1.79. The maximum Gasteiger partial charge on any atom is 0.419 e. The van der Waals surface area contributed by atoms with Gasteiger partial charge >= 0.3 is 6.18 Å². The van der Waals surface area contributed by atoms with E-state index in [4.69, 9.17) is 11.6 Å². The summed E-state index contributed by atoms with van der Waals surface area (Å²) in [6.45, 7) is 6.12. The number of carbonyl (C=O) groups is 1. The molecule has 0 saturated carbocycles. The minimum Gasteiger partial charge on any atom is -0.350 e. The molecule has 0 unspecified atom stereocenters. The summed E-state index contributed by atoms with van der Waals surface area (Å²) in [4.78, 5) is 12.4. The van der Waals surface area contributed by atoms with Crippen LogP contribution in [0.4, 0.5) is 17.6 Å². The van der Waals surface area contributed by atoms with E-state index in [9.17, 15) is 22.4 Å². The van der Waals surface area contributed by atoms with Crippen molar-refractivity contribution in [1.82, 2.24) is 15.1 Å². The van der Waals surface area contributed by atoms with Gasteiger partial charge in [-0.05, 0) is 42.0 Å². The summed E-state index contributed by atoms with van der Waals surface area (Å²) in [6.07, 6.45) is -5.15. The van der Waals surface area contributed by atoms with Gasteiger partial charge in [-0.25, -0.2) is 9.07 Å². The molecule has 0 atom stereocenters. The molecule has 4 nitrogen and oxygen atoms in total. The Morgan fingerprint density at radius 3 is 2.44 bits per heavy atom. The van der Waals surface area contributed by atoms with Crippen LogP contribution in [0, 0.1) is 5.82 Å². The summed E-state index contributed by atoms with van der Waals surface area (Å²) in [5.41, 5.74) is 0.623. The molecule has 3 rings (SSSR count). The number of nitrogens with one attached hydrogen (secondary N) is 1. The van der Waals surface area contributed by atoms with Crippen LogP contribution in [0.1, 0.15) is 43.3 Å². The second-order valence-electron chi connectivity index (χ2n) is 8.43. The second kappa shape index (κ2) is 8.94. The molecule has 2 aromatic carbocycles. The molecule has 0 fully saturated rings. The van der Waals surface area contributed by atoms with Crippen molar-refractivity contribution >= 4 is 17.5 Å². The van der Waals surface area contributed by atoms with Crippen LogP contribution in [-0.2, 0) is 29.4 Å². The van der Waals surface area contributed by atoms with Crippen LogP contribution in [0.5, 0.6) is 0 Å². The number of carbonyl (C=O) groups excluding carboxylic acids is 1. The summed E-state index contributed by atoms with van der Waals surface area (Å²) < 4.78 is 53.9. The number of aromatic nitrogens is 2. The molecule has 0 aliphatic carbocycles. The Morgan fingerprint density at radius 2 is 1.81 bits per heavy atom. The Hall–Kier alpha value is -2.87. The number of rotatable bonds is 5. The van der Waals surface area contributed by atoms with Gasteiger partial charge in [-0.15, -0.1) is 0 Å². The molecule has 3 aromatic rings. The van der Waals surface area contributed by atoms with E-state index in [0.717, 1.165) is 17.8 Å². The number of amides is 1. The van der Waals surface area contributed by atoms with Crippen LogP contribution in [0.2, 0.25) is 5.02 Å². The largest absolute Gasteiger partial charge is 0.419 e. The van der Waals surface area contributed by atoms with Crippen molar-refractivity contribution in [2.75, 3.05) is 0 Å². The highest BCUT2D eigenvalue weighted by molar-refractivity contribution is 6.30. The molecule has 170 valence electrons. The lowest BCUT2D eigenvalue weighted by Crippen LogP contribution is -2.26. The van der Waals surface area contributed by atoms with Gasteiger partial charge in [0.05, 0.1) is 35.6 Å². The highest BCUT2D eigenvalue weighted by atomic mass is 35.5. The van der Waals surface area contributed by atoms with Gasteiger partial charge in [0.25, 0.3) is 0 Å². The number of benzene rings is 2. The van der Waals surface area contributed by atoms with Gasteiger partial charge in [-0.2, -0.15) is 18.3 Å². The standard InChI is InChI=1S/C23H22ClF4N3O/c1-22(2,3)20-12-17(31(30-20)16-6-4-5-15(24)11-16)13-29-21(32)10-14-7-8-19(25)18(9-14)23(26,27)28/h4-9,11-12H,10,13H2,1-3H3,(H,29,32). The van der Waals surface area contributed by atoms with Crippen LogP contribution in [0.25, 0.3) is 5.69 Å². The van der Waals surface area contributed by atoms with Crippen molar-refractivity contribution in [1.29, 1.82) is 0 Å². The number of hydrogen-bond acceptors (Lipinski definition) is 2. The lowest BCUT2D eigenvalue weighted by atomic mass is 9.92. The minimum absolute atomic E-state index is 0.0648. The van der Waals surface area contributed by atoms with E-state index < -0.39 is 23.5 Å². The topological polar surface area (TPSA) is 46.9 Å². The third-order valence-electron chi connectivity index (χ3n) is 4.77. The summed E-state index contributed by atoms with van der Waals surface area (Å²) in [6, 6.07) is 11.5. The van der Waals surface area contributed by atoms with Crippen molar-refractivity contribution in [2.24, 2.45) is 0 Å². The predicted octanol–water partition coefficient (Wildman–Crippen LogP) is 5.84. The van der Waals surface area contributed by atoms with Crippen LogP contribution >= 0.6 is 11.6 Å². The van der Waals surface area contributed by atoms with Crippen molar-refractivity contribution in [3.63, 3.8) is 0 Å². The highest BCUT2D eigenvalue weighted by Crippen LogP contribution is 2.32. The van der Waals surface area contributed by atoms with Gasteiger partial charge in [-0.3, -0.25) is 4.79 Å². The fourth-order valence-electron chi connectivity index (χ4n) is 3.08. The fraction of sp³-hybridized carbons (Fsp3) is 0.304. The van der Waals surface area contributed by atoms with Crippen LogP contribution < -0.4 is 5.32 Å². The van der Waals surface area contributed by atoms with E-state index in [0.29, 0.717) is 22.5 Å². The van der Waals surface area contributed by atoms with Crippen LogP contribution in [0.3, 0.4) is 0 Å². The minimum atomic E-state index is -4.83. The molecule has 0 bridgehead atoms. The zero-order valence-corrected chi connectivity index (χ0v) is 18.5. The number of halogens is 5. The first-order valence-electron chi connectivity index (χ1n) is 9.82. The van der Waals surface area contributed by atoms with Gasteiger partial charge in [0.1, 0.15) is 5.82 Å². The van der Waals surface area contributed by atoms with Gasteiger partial charge in [0.2, 0.25) is 5.91 Å². The fourth-order valence-corrected chi connectivity index (χ4v) is 3.26. The van der Waals surface area contributed by atoms with Crippen molar-refractivity contribution in [3.05, 3.63) is 81.9 Å². The average Bonchev–Trinajstić information content (AvgIpc) is 3.12. The van der Waals surface area contributed by atoms with Crippen LogP contribution in [-0.4, -0.2) is 15.7 Å². The van der Waals surface area contributed by atoms with E-state index in [1.807, 2.05) is 32.9 Å². The summed E-state index contributed by atoms with van der Waals surface area (Å²) in [5, 5.41) is 7.87. The van der Waals surface area contributed by atoms with Gasteiger partial charge < -0.3 is 5.32 Å². The van der Waals surface area contributed by atoms with Crippen molar-refractivity contribution in [2.45, 2.75) is 45.3 Å². The maximum atomic E-state index is 13.5. The molecule has 1 heterocycles. The first kappa shape index (κ1) is 23.8. The first-order chi connectivity index (χ1) is 14.8. The zero-order valence-electron chi connectivity index (χ0n) is 17.7. The highest BCUT2D eigenvalue weighted by Gasteiger charge is 2.34. The molecule has 1 N–H and O–H groups in total. The Bertz CT molecular complexity index is 1130. The molecule has 9 heteroatoms. The number of alkyl halides is 3. The number of hydrogen-bond donors (Lipinski definition) is 1. The Labute approximate surface area is 188 Å². The quantitative estimate of drug-likeness (QED) is 0.479. The monoisotopic (exact) mass is 467 g/mol. The molecule has 0 radical (unpaired) electrons. The van der Waals surface area contributed by atoms with Crippen molar-refractivity contribution in [3.8, 4) is 5.69 Å². The average molecular weight is 468 g/mol.